The Morgan fingerprint density at radius 2 is 1.65 bits per heavy atom. The molecule has 2 aromatic rings. The summed E-state index contributed by atoms with van der Waals surface area (Å²) in [5.74, 6) is -1.10. The summed E-state index contributed by atoms with van der Waals surface area (Å²) in [4.78, 5) is 24.3. The minimum absolute atomic E-state index is 0.0151. The van der Waals surface area contributed by atoms with Crippen LogP contribution in [0.2, 0.25) is 0 Å². The van der Waals surface area contributed by atoms with Crippen molar-refractivity contribution in [2.45, 2.75) is 37.0 Å². The summed E-state index contributed by atoms with van der Waals surface area (Å²) >= 11 is 0. The number of amides is 2. The number of carbonyl (C=O) groups excluding carboxylic acids is 2. The molecule has 1 fully saturated rings. The molecule has 31 heavy (non-hydrogen) atoms. The summed E-state index contributed by atoms with van der Waals surface area (Å²) in [6.45, 7) is 0.523. The van der Waals surface area contributed by atoms with Crippen LogP contribution in [0.15, 0.2) is 53.4 Å². The van der Waals surface area contributed by atoms with E-state index in [9.17, 15) is 22.4 Å². The lowest BCUT2D eigenvalue weighted by Gasteiger charge is -2.20. The van der Waals surface area contributed by atoms with Crippen LogP contribution in [-0.4, -0.2) is 33.3 Å². The number of nitrogens with one attached hydrogen (secondary N) is 3. The van der Waals surface area contributed by atoms with E-state index in [1.807, 2.05) is 0 Å². The Labute approximate surface area is 181 Å². The molecule has 3 N–H and O–H groups in total. The molecule has 7 nitrogen and oxygen atoms in total. The molecule has 0 atom stereocenters. The largest absolute Gasteiger partial charge is 0.354 e. The first-order valence-corrected chi connectivity index (χ1v) is 11.8. The molecule has 2 amide bonds. The first-order valence-electron chi connectivity index (χ1n) is 10.3. The van der Waals surface area contributed by atoms with E-state index in [-0.39, 0.29) is 34.5 Å². The van der Waals surface area contributed by atoms with Crippen molar-refractivity contribution >= 4 is 27.5 Å². The van der Waals surface area contributed by atoms with E-state index < -0.39 is 21.7 Å². The standard InChI is InChI=1S/C22H26FN3O4S/c23-19-11-4-5-12-20(19)26-31(29,30)18-10-6-9-17(15-18)22(28)25-14-13-24-21(27)16-7-2-1-3-8-16/h4-6,9-12,15-16,26H,1-3,7-8,13-14H2,(H,24,27)(H,25,28). The second-order valence-corrected chi connectivity index (χ2v) is 9.18. The third-order valence-electron chi connectivity index (χ3n) is 5.21. The van der Waals surface area contributed by atoms with Gasteiger partial charge in [0.15, 0.2) is 0 Å². The maximum atomic E-state index is 13.8. The SMILES string of the molecule is O=C(NCCNC(=O)C1CCCCC1)c1cccc(S(=O)(=O)Nc2ccccc2F)c1. The average Bonchev–Trinajstić information content (AvgIpc) is 2.78. The fraction of sp³-hybridized carbons (Fsp3) is 0.364. The first-order chi connectivity index (χ1) is 14.9. The van der Waals surface area contributed by atoms with E-state index in [2.05, 4.69) is 15.4 Å². The molecule has 2 aromatic carbocycles. The van der Waals surface area contributed by atoms with E-state index >= 15 is 0 Å². The van der Waals surface area contributed by atoms with Crippen LogP contribution in [0.25, 0.3) is 0 Å². The number of anilines is 1. The number of rotatable bonds is 8. The summed E-state index contributed by atoms with van der Waals surface area (Å²) in [5.41, 5.74) is -0.0268. The van der Waals surface area contributed by atoms with Crippen molar-refractivity contribution in [1.29, 1.82) is 0 Å². The Balaban J connectivity index is 1.54. The van der Waals surface area contributed by atoms with Crippen LogP contribution in [0.5, 0.6) is 0 Å². The van der Waals surface area contributed by atoms with Gasteiger partial charge in [0, 0.05) is 24.6 Å². The molecule has 166 valence electrons. The zero-order chi connectivity index (χ0) is 22.3. The van der Waals surface area contributed by atoms with Gasteiger partial charge in [-0.3, -0.25) is 14.3 Å². The maximum absolute atomic E-state index is 13.8. The van der Waals surface area contributed by atoms with Crippen molar-refractivity contribution in [2.24, 2.45) is 5.92 Å². The number of para-hydroxylation sites is 1. The molecule has 0 radical (unpaired) electrons. The van der Waals surface area contributed by atoms with Crippen LogP contribution < -0.4 is 15.4 Å². The highest BCUT2D eigenvalue weighted by Crippen LogP contribution is 2.23. The molecule has 1 aliphatic carbocycles. The molecule has 0 aliphatic heterocycles. The molecule has 0 saturated heterocycles. The van der Waals surface area contributed by atoms with Crippen molar-refractivity contribution in [1.82, 2.24) is 10.6 Å². The number of carbonyl (C=O) groups is 2. The average molecular weight is 448 g/mol. The van der Waals surface area contributed by atoms with Gasteiger partial charge in [0.2, 0.25) is 5.91 Å². The van der Waals surface area contributed by atoms with E-state index in [0.29, 0.717) is 6.54 Å². The van der Waals surface area contributed by atoms with Crippen LogP contribution >= 0.6 is 0 Å². The molecule has 0 spiro atoms. The zero-order valence-corrected chi connectivity index (χ0v) is 17.9. The van der Waals surface area contributed by atoms with Crippen LogP contribution in [-0.2, 0) is 14.8 Å². The maximum Gasteiger partial charge on any atom is 0.262 e. The lowest BCUT2D eigenvalue weighted by Crippen LogP contribution is -2.38. The summed E-state index contributed by atoms with van der Waals surface area (Å²) in [6.07, 6.45) is 5.12. The highest BCUT2D eigenvalue weighted by molar-refractivity contribution is 7.92. The Kier molecular flexibility index (Phi) is 7.62. The lowest BCUT2D eigenvalue weighted by atomic mass is 9.89. The quantitative estimate of drug-likeness (QED) is 0.541. The third kappa shape index (κ3) is 6.27. The van der Waals surface area contributed by atoms with Gasteiger partial charge >= 0.3 is 0 Å². The predicted molar refractivity (Wildman–Crippen MR) is 116 cm³/mol. The van der Waals surface area contributed by atoms with E-state index in [0.717, 1.165) is 31.7 Å². The van der Waals surface area contributed by atoms with Crippen LogP contribution in [0.1, 0.15) is 42.5 Å². The highest BCUT2D eigenvalue weighted by atomic mass is 32.2. The normalized spacial score (nSPS) is 14.6. The van der Waals surface area contributed by atoms with Gasteiger partial charge in [-0.1, -0.05) is 37.5 Å². The molecule has 1 saturated carbocycles. The topological polar surface area (TPSA) is 104 Å². The Morgan fingerprint density at radius 3 is 2.39 bits per heavy atom. The molecule has 0 aromatic heterocycles. The molecular weight excluding hydrogens is 421 g/mol. The van der Waals surface area contributed by atoms with Gasteiger partial charge in [-0.25, -0.2) is 12.8 Å². The Morgan fingerprint density at radius 1 is 0.935 bits per heavy atom. The lowest BCUT2D eigenvalue weighted by molar-refractivity contribution is -0.125. The molecule has 1 aliphatic rings. The van der Waals surface area contributed by atoms with Crippen molar-refractivity contribution in [3.63, 3.8) is 0 Å². The van der Waals surface area contributed by atoms with Crippen molar-refractivity contribution in [2.75, 3.05) is 17.8 Å². The smallest absolute Gasteiger partial charge is 0.262 e. The summed E-state index contributed by atoms with van der Waals surface area (Å²) in [6, 6.07) is 10.9. The molecule has 0 bridgehead atoms. The summed E-state index contributed by atoms with van der Waals surface area (Å²) in [5, 5.41) is 5.50. The second-order valence-electron chi connectivity index (χ2n) is 7.50. The number of hydrogen-bond acceptors (Lipinski definition) is 4. The molecule has 9 heteroatoms. The summed E-state index contributed by atoms with van der Waals surface area (Å²) < 4.78 is 41.1. The fourth-order valence-corrected chi connectivity index (χ4v) is 4.64. The number of sulfonamides is 1. The molecular formula is C22H26FN3O4S. The van der Waals surface area contributed by atoms with Crippen molar-refractivity contribution in [3.8, 4) is 0 Å². The molecule has 0 unspecified atom stereocenters. The minimum Gasteiger partial charge on any atom is -0.354 e. The van der Waals surface area contributed by atoms with Gasteiger partial charge < -0.3 is 10.6 Å². The molecule has 3 rings (SSSR count). The van der Waals surface area contributed by atoms with Crippen LogP contribution in [0.3, 0.4) is 0 Å². The predicted octanol–water partition coefficient (Wildman–Crippen LogP) is 3.05. The van der Waals surface area contributed by atoms with Gasteiger partial charge in [-0.2, -0.15) is 0 Å². The van der Waals surface area contributed by atoms with Crippen molar-refractivity contribution < 1.29 is 22.4 Å². The Bertz CT molecular complexity index is 1040. The van der Waals surface area contributed by atoms with Gasteiger partial charge in [0.25, 0.3) is 15.9 Å². The minimum atomic E-state index is -4.07. The highest BCUT2D eigenvalue weighted by Gasteiger charge is 2.21. The van der Waals surface area contributed by atoms with E-state index in [1.165, 1.54) is 48.9 Å². The summed E-state index contributed by atoms with van der Waals surface area (Å²) in [7, 11) is -4.07. The van der Waals surface area contributed by atoms with E-state index in [1.54, 1.807) is 0 Å². The van der Waals surface area contributed by atoms with E-state index in [4.69, 9.17) is 0 Å². The zero-order valence-electron chi connectivity index (χ0n) is 17.1. The number of hydrogen-bond donors (Lipinski definition) is 3. The van der Waals surface area contributed by atoms with Gasteiger partial charge in [0.05, 0.1) is 10.6 Å². The van der Waals surface area contributed by atoms with Crippen LogP contribution in [0, 0.1) is 11.7 Å². The third-order valence-corrected chi connectivity index (χ3v) is 6.57. The number of benzene rings is 2. The van der Waals surface area contributed by atoms with Crippen molar-refractivity contribution in [3.05, 3.63) is 59.9 Å². The van der Waals surface area contributed by atoms with Gasteiger partial charge in [-0.15, -0.1) is 0 Å². The molecule has 0 heterocycles. The number of halogens is 1. The first kappa shape index (κ1) is 22.7. The van der Waals surface area contributed by atoms with Gasteiger partial charge in [-0.05, 0) is 43.2 Å². The Hall–Kier alpha value is -2.94. The monoisotopic (exact) mass is 447 g/mol. The van der Waals surface area contributed by atoms with Gasteiger partial charge in [0.1, 0.15) is 5.82 Å². The second kappa shape index (κ2) is 10.4. The van der Waals surface area contributed by atoms with Crippen LogP contribution in [0.4, 0.5) is 10.1 Å². The fourth-order valence-electron chi connectivity index (χ4n) is 3.53.